The van der Waals surface area contributed by atoms with E-state index in [-0.39, 0.29) is 30.0 Å². The van der Waals surface area contributed by atoms with Crippen LogP contribution in [0.15, 0.2) is 24.3 Å². The van der Waals surface area contributed by atoms with Crippen LogP contribution in [-0.2, 0) is 30.3 Å². The molecule has 1 aliphatic rings. The molecule has 2 amide bonds. The third-order valence-electron chi connectivity index (χ3n) is 5.89. The minimum atomic E-state index is -1.12. The summed E-state index contributed by atoms with van der Waals surface area (Å²) in [7, 11) is 1.57. The van der Waals surface area contributed by atoms with Crippen LogP contribution in [-0.4, -0.2) is 53.4 Å². The van der Waals surface area contributed by atoms with Crippen LogP contribution in [0.25, 0.3) is 0 Å². The van der Waals surface area contributed by atoms with Gasteiger partial charge in [0.2, 0.25) is 11.8 Å². The lowest BCUT2D eigenvalue weighted by Gasteiger charge is -2.33. The highest BCUT2D eigenvalue weighted by Gasteiger charge is 2.45. The van der Waals surface area contributed by atoms with Gasteiger partial charge in [-0.15, -0.1) is 0 Å². The Morgan fingerprint density at radius 1 is 1.09 bits per heavy atom. The molecule has 1 aliphatic carbocycles. The number of ether oxygens (including phenoxy) is 2. The molecule has 0 aliphatic heterocycles. The fraction of sp³-hybridized carbons (Fsp3) is 0.600. The van der Waals surface area contributed by atoms with Crippen LogP contribution < -0.4 is 15.4 Å². The van der Waals surface area contributed by atoms with Crippen LogP contribution in [0, 0.1) is 5.92 Å². The van der Waals surface area contributed by atoms with Crippen molar-refractivity contribution in [2.75, 3.05) is 13.7 Å². The summed E-state index contributed by atoms with van der Waals surface area (Å²) in [5, 5.41) is 5.04. The van der Waals surface area contributed by atoms with E-state index in [4.69, 9.17) is 9.47 Å². The zero-order chi connectivity index (χ0) is 25.3. The molecular formula is C25H36N2O6S. The Balaban J connectivity index is 2.22. The van der Waals surface area contributed by atoms with Crippen molar-refractivity contribution in [1.82, 2.24) is 10.6 Å². The van der Waals surface area contributed by atoms with Gasteiger partial charge in [0, 0.05) is 13.3 Å². The Bertz CT molecular complexity index is 865. The quantitative estimate of drug-likeness (QED) is 0.457. The fourth-order valence-electron chi connectivity index (χ4n) is 4.10. The van der Waals surface area contributed by atoms with Gasteiger partial charge in [-0.2, -0.15) is 0 Å². The van der Waals surface area contributed by atoms with Crippen molar-refractivity contribution >= 4 is 34.7 Å². The summed E-state index contributed by atoms with van der Waals surface area (Å²) in [6, 6.07) is 6.34. The van der Waals surface area contributed by atoms with E-state index in [1.165, 1.54) is 6.92 Å². The number of carbonyl (C=O) groups excluding carboxylic acids is 4. The van der Waals surface area contributed by atoms with Crippen molar-refractivity contribution in [3.63, 3.8) is 0 Å². The minimum absolute atomic E-state index is 0.0854. The second-order valence-electron chi connectivity index (χ2n) is 8.88. The molecule has 0 heterocycles. The summed E-state index contributed by atoms with van der Waals surface area (Å²) in [4.78, 5) is 50.9. The Hall–Kier alpha value is -2.55. The van der Waals surface area contributed by atoms with Crippen LogP contribution in [0.1, 0.15) is 58.9 Å². The molecule has 34 heavy (non-hydrogen) atoms. The number of hydrogen-bond acceptors (Lipinski definition) is 7. The highest BCUT2D eigenvalue weighted by atomic mass is 32.2. The van der Waals surface area contributed by atoms with Gasteiger partial charge in [0.1, 0.15) is 17.3 Å². The molecule has 0 aromatic heterocycles. The van der Waals surface area contributed by atoms with E-state index in [9.17, 15) is 19.2 Å². The molecule has 0 bridgehead atoms. The third-order valence-corrected chi connectivity index (χ3v) is 7.23. The number of rotatable bonds is 11. The van der Waals surface area contributed by atoms with Gasteiger partial charge in [0.05, 0.1) is 19.0 Å². The molecule has 9 heteroatoms. The van der Waals surface area contributed by atoms with E-state index in [1.54, 1.807) is 26.2 Å². The van der Waals surface area contributed by atoms with Crippen LogP contribution >= 0.6 is 11.8 Å². The SMILES string of the molecule is CCOC(=O)[C@H](Cc1ccc(OC)cc1)NC(=O)C1(NC(=O)[C@@H](SC(C)=O)C(C)C)CCCC1. The number of carbonyl (C=O) groups is 4. The van der Waals surface area contributed by atoms with E-state index < -0.39 is 28.7 Å². The first kappa shape index (κ1) is 27.7. The summed E-state index contributed by atoms with van der Waals surface area (Å²) in [6.07, 6.45) is 2.74. The van der Waals surface area contributed by atoms with Gasteiger partial charge in [-0.3, -0.25) is 14.4 Å². The number of esters is 1. The van der Waals surface area contributed by atoms with Crippen molar-refractivity contribution in [2.45, 2.75) is 76.6 Å². The first-order chi connectivity index (χ1) is 16.1. The summed E-state index contributed by atoms with van der Waals surface area (Å²) in [6.45, 7) is 7.06. The Morgan fingerprint density at radius 2 is 1.71 bits per heavy atom. The number of benzene rings is 1. The number of amides is 2. The van der Waals surface area contributed by atoms with Crippen molar-refractivity contribution < 1.29 is 28.7 Å². The molecule has 2 atom stereocenters. The molecule has 1 saturated carbocycles. The van der Waals surface area contributed by atoms with Crippen molar-refractivity contribution in [2.24, 2.45) is 5.92 Å². The summed E-state index contributed by atoms with van der Waals surface area (Å²) in [5.74, 6) is -0.664. The van der Waals surface area contributed by atoms with E-state index in [2.05, 4.69) is 10.6 Å². The van der Waals surface area contributed by atoms with Gasteiger partial charge in [-0.05, 0) is 43.4 Å². The molecular weight excluding hydrogens is 456 g/mol. The number of methoxy groups -OCH3 is 1. The molecule has 0 spiro atoms. The highest BCUT2D eigenvalue weighted by Crippen LogP contribution is 2.32. The maximum Gasteiger partial charge on any atom is 0.328 e. The molecule has 188 valence electrons. The number of hydrogen-bond donors (Lipinski definition) is 2. The molecule has 0 saturated heterocycles. The van der Waals surface area contributed by atoms with E-state index >= 15 is 0 Å². The van der Waals surface area contributed by atoms with Gasteiger partial charge < -0.3 is 20.1 Å². The van der Waals surface area contributed by atoms with E-state index in [1.807, 2.05) is 26.0 Å². The zero-order valence-corrected chi connectivity index (χ0v) is 21.5. The molecule has 8 nitrogen and oxygen atoms in total. The maximum atomic E-state index is 13.5. The smallest absolute Gasteiger partial charge is 0.328 e. The Labute approximate surface area is 205 Å². The molecule has 1 fully saturated rings. The summed E-state index contributed by atoms with van der Waals surface area (Å²) < 4.78 is 10.4. The standard InChI is InChI=1S/C25H36N2O6S/c1-6-33-23(30)20(15-18-9-11-19(32-5)12-10-18)26-24(31)25(13-7-8-14-25)27-22(29)21(16(2)3)34-17(4)28/h9-12,16,20-21H,6-8,13-15H2,1-5H3,(H,26,31)(H,27,29)/t20-,21-/m0/s1. The lowest BCUT2D eigenvalue weighted by atomic mass is 9.94. The summed E-state index contributed by atoms with van der Waals surface area (Å²) >= 11 is 0.973. The minimum Gasteiger partial charge on any atom is -0.497 e. The van der Waals surface area contributed by atoms with Crippen LogP contribution in [0.5, 0.6) is 5.75 Å². The average Bonchev–Trinajstić information content (AvgIpc) is 3.27. The topological polar surface area (TPSA) is 111 Å². The van der Waals surface area contributed by atoms with E-state index in [0.717, 1.165) is 30.2 Å². The van der Waals surface area contributed by atoms with Gasteiger partial charge >= 0.3 is 5.97 Å². The molecule has 2 N–H and O–H groups in total. The van der Waals surface area contributed by atoms with Crippen molar-refractivity contribution in [3.8, 4) is 5.75 Å². The van der Waals surface area contributed by atoms with Crippen molar-refractivity contribution in [1.29, 1.82) is 0 Å². The Morgan fingerprint density at radius 3 is 2.21 bits per heavy atom. The predicted molar refractivity (Wildman–Crippen MR) is 132 cm³/mol. The lowest BCUT2D eigenvalue weighted by Crippen LogP contribution is -2.61. The fourth-order valence-corrected chi connectivity index (χ4v) is 4.89. The van der Waals surface area contributed by atoms with E-state index in [0.29, 0.717) is 18.6 Å². The first-order valence-corrected chi connectivity index (χ1v) is 12.6. The summed E-state index contributed by atoms with van der Waals surface area (Å²) in [5.41, 5.74) is -0.284. The average molecular weight is 493 g/mol. The monoisotopic (exact) mass is 492 g/mol. The van der Waals surface area contributed by atoms with Gasteiger partial charge in [0.25, 0.3) is 0 Å². The Kier molecular flexibility index (Phi) is 10.4. The lowest BCUT2D eigenvalue weighted by molar-refractivity contribution is -0.148. The second kappa shape index (κ2) is 12.8. The second-order valence-corrected chi connectivity index (χ2v) is 10.2. The predicted octanol–water partition coefficient (Wildman–Crippen LogP) is 3.02. The van der Waals surface area contributed by atoms with Crippen molar-refractivity contribution in [3.05, 3.63) is 29.8 Å². The molecule has 1 aromatic rings. The van der Waals surface area contributed by atoms with Crippen LogP contribution in [0.4, 0.5) is 0 Å². The van der Waals surface area contributed by atoms with Gasteiger partial charge in [-0.25, -0.2) is 4.79 Å². The third kappa shape index (κ3) is 7.48. The van der Waals surface area contributed by atoms with Gasteiger partial charge in [-0.1, -0.05) is 50.6 Å². The highest BCUT2D eigenvalue weighted by molar-refractivity contribution is 8.14. The molecule has 0 unspecified atom stereocenters. The van der Waals surface area contributed by atoms with Crippen LogP contribution in [0.2, 0.25) is 0 Å². The number of nitrogens with one attached hydrogen (secondary N) is 2. The maximum absolute atomic E-state index is 13.5. The molecule has 2 rings (SSSR count). The largest absolute Gasteiger partial charge is 0.497 e. The zero-order valence-electron chi connectivity index (χ0n) is 20.6. The van der Waals surface area contributed by atoms with Crippen LogP contribution in [0.3, 0.4) is 0 Å². The molecule has 0 radical (unpaired) electrons. The molecule has 1 aromatic carbocycles. The number of thioether (sulfide) groups is 1. The normalized spacial score (nSPS) is 16.4. The van der Waals surface area contributed by atoms with Gasteiger partial charge in [0.15, 0.2) is 5.12 Å². The first-order valence-electron chi connectivity index (χ1n) is 11.7.